The predicted molar refractivity (Wildman–Crippen MR) is 79.6 cm³/mol. The van der Waals surface area contributed by atoms with E-state index in [1.807, 2.05) is 24.3 Å². The maximum atomic E-state index is 10.6. The third kappa shape index (κ3) is 4.04. The van der Waals surface area contributed by atoms with Crippen LogP contribution in [0.1, 0.15) is 12.0 Å². The number of carboxylic acids is 1. The number of hydrogen-bond acceptors (Lipinski definition) is 4. The second kappa shape index (κ2) is 6.86. The van der Waals surface area contributed by atoms with Gasteiger partial charge in [0.05, 0.1) is 30.7 Å². The number of aromatic nitrogens is 2. The maximum Gasteiger partial charge on any atom is 0.0995 e. The second-order valence-corrected chi connectivity index (χ2v) is 5.18. The maximum absolute atomic E-state index is 10.6. The number of benzene rings is 1. The van der Waals surface area contributed by atoms with Crippen LogP contribution in [0.3, 0.4) is 0 Å². The molecule has 0 aliphatic rings. The highest BCUT2D eigenvalue weighted by Gasteiger charge is 2.09. The van der Waals surface area contributed by atoms with E-state index in [1.165, 1.54) is 6.08 Å². The fraction of sp³-hybridized carbons (Fsp3) is 0.133. The molecule has 6 heteroatoms. The zero-order valence-corrected chi connectivity index (χ0v) is 12.6. The first-order valence-corrected chi connectivity index (χ1v) is 6.99. The molecule has 0 saturated heterocycles. The highest BCUT2D eigenvalue weighted by Crippen LogP contribution is 2.25. The molecule has 0 amide bonds. The van der Waals surface area contributed by atoms with Crippen molar-refractivity contribution in [2.45, 2.75) is 13.0 Å². The molecule has 0 unspecified atom stereocenters. The Bertz CT molecular complexity index is 712. The monoisotopic (exact) mass is 344 g/mol. The molecule has 2 rings (SSSR count). The summed E-state index contributed by atoms with van der Waals surface area (Å²) in [5.74, 6) is -1.26. The molecule has 0 aliphatic carbocycles. The van der Waals surface area contributed by atoms with Gasteiger partial charge in [-0.2, -0.15) is 10.4 Å². The fourth-order valence-corrected chi connectivity index (χ4v) is 2.09. The first kappa shape index (κ1) is 15.0. The molecule has 0 spiro atoms. The number of carbonyl (C=O) groups excluding carboxylic acids is 1. The lowest BCUT2D eigenvalue weighted by molar-refractivity contribution is -0.297. The smallest absolute Gasteiger partial charge is 0.0995 e. The number of halogens is 1. The van der Waals surface area contributed by atoms with Crippen LogP contribution in [0, 0.1) is 11.3 Å². The minimum atomic E-state index is -1.26. The topological polar surface area (TPSA) is 81.7 Å². The average molecular weight is 345 g/mol. The van der Waals surface area contributed by atoms with Crippen LogP contribution in [0.4, 0.5) is 0 Å². The molecule has 0 saturated carbocycles. The Labute approximate surface area is 130 Å². The van der Waals surface area contributed by atoms with Gasteiger partial charge < -0.3 is 9.90 Å². The number of hydrogen-bond donors (Lipinski definition) is 0. The Morgan fingerprint density at radius 3 is 2.76 bits per heavy atom. The first-order chi connectivity index (χ1) is 10.1. The van der Waals surface area contributed by atoms with Crippen molar-refractivity contribution < 1.29 is 9.90 Å². The Morgan fingerprint density at radius 1 is 1.43 bits per heavy atom. The van der Waals surface area contributed by atoms with Gasteiger partial charge in [-0.3, -0.25) is 4.68 Å². The second-order valence-electron chi connectivity index (χ2n) is 4.26. The largest absolute Gasteiger partial charge is 0.545 e. The zero-order valence-electron chi connectivity index (χ0n) is 11.0. The van der Waals surface area contributed by atoms with Crippen LogP contribution in [0.5, 0.6) is 0 Å². The highest BCUT2D eigenvalue weighted by atomic mass is 79.9. The third-order valence-electron chi connectivity index (χ3n) is 2.76. The highest BCUT2D eigenvalue weighted by molar-refractivity contribution is 9.10. The van der Waals surface area contributed by atoms with Gasteiger partial charge in [0.2, 0.25) is 0 Å². The van der Waals surface area contributed by atoms with E-state index in [0.717, 1.165) is 16.1 Å². The number of aliphatic carboxylic acids is 1. The summed E-state index contributed by atoms with van der Waals surface area (Å²) in [7, 11) is 0. The molecule has 2 aromatic rings. The van der Waals surface area contributed by atoms with Crippen molar-refractivity contribution >= 4 is 28.0 Å². The lowest BCUT2D eigenvalue weighted by Crippen LogP contribution is -2.18. The zero-order chi connectivity index (χ0) is 15.2. The van der Waals surface area contributed by atoms with Gasteiger partial charge in [0.25, 0.3) is 0 Å². The number of aryl methyl sites for hydroxylation is 1. The summed E-state index contributed by atoms with van der Waals surface area (Å²) in [4.78, 5) is 10.6. The number of carboxylic acid groups (broad SMARTS) is 1. The molecule has 106 valence electrons. The van der Waals surface area contributed by atoms with Crippen LogP contribution in [0.25, 0.3) is 17.3 Å². The van der Waals surface area contributed by atoms with Crippen molar-refractivity contribution in [3.05, 3.63) is 46.6 Å². The van der Waals surface area contributed by atoms with E-state index in [4.69, 9.17) is 5.26 Å². The average Bonchev–Trinajstić information content (AvgIpc) is 2.87. The lowest BCUT2D eigenvalue weighted by Gasteiger charge is -2.00. The van der Waals surface area contributed by atoms with Gasteiger partial charge in [0, 0.05) is 21.8 Å². The Balaban J connectivity index is 2.41. The van der Waals surface area contributed by atoms with Gasteiger partial charge >= 0.3 is 0 Å². The van der Waals surface area contributed by atoms with E-state index >= 15 is 0 Å². The molecule has 0 fully saturated rings. The van der Waals surface area contributed by atoms with Crippen LogP contribution in [0.15, 0.2) is 41.0 Å². The van der Waals surface area contributed by atoms with E-state index < -0.39 is 5.97 Å². The summed E-state index contributed by atoms with van der Waals surface area (Å²) in [5, 5.41) is 23.6. The summed E-state index contributed by atoms with van der Waals surface area (Å²) >= 11 is 3.36. The first-order valence-electron chi connectivity index (χ1n) is 6.19. The third-order valence-corrected chi connectivity index (χ3v) is 3.29. The van der Waals surface area contributed by atoms with Crippen LogP contribution >= 0.6 is 15.9 Å². The molecule has 0 bridgehead atoms. The summed E-state index contributed by atoms with van der Waals surface area (Å²) in [5.41, 5.74) is 2.20. The van der Waals surface area contributed by atoms with E-state index in [2.05, 4.69) is 27.1 Å². The SMILES string of the molecule is N#CCCn1cc(/C=C/C(=O)[O-])c(-c2ccc(Br)cc2)n1. The summed E-state index contributed by atoms with van der Waals surface area (Å²) in [6.07, 6.45) is 4.47. The van der Waals surface area contributed by atoms with Crippen LogP contribution in [-0.2, 0) is 11.3 Å². The summed E-state index contributed by atoms with van der Waals surface area (Å²) in [6.45, 7) is 0.458. The van der Waals surface area contributed by atoms with Gasteiger partial charge in [-0.15, -0.1) is 0 Å². The Hall–Kier alpha value is -2.39. The quantitative estimate of drug-likeness (QED) is 0.776. The molecular weight excluding hydrogens is 334 g/mol. The van der Waals surface area contributed by atoms with Crippen LogP contribution in [0.2, 0.25) is 0 Å². The summed E-state index contributed by atoms with van der Waals surface area (Å²) in [6, 6.07) is 9.60. The predicted octanol–water partition coefficient (Wildman–Crippen LogP) is 1.99. The Kier molecular flexibility index (Phi) is 4.90. The normalized spacial score (nSPS) is 10.7. The molecule has 5 nitrogen and oxygen atoms in total. The molecular formula is C15H11BrN3O2-. The van der Waals surface area contributed by atoms with Gasteiger partial charge in [0.15, 0.2) is 0 Å². The molecule has 0 N–H and O–H groups in total. The van der Waals surface area contributed by atoms with E-state index in [9.17, 15) is 9.90 Å². The van der Waals surface area contributed by atoms with E-state index in [-0.39, 0.29) is 0 Å². The van der Waals surface area contributed by atoms with Crippen molar-refractivity contribution in [1.82, 2.24) is 9.78 Å². The number of rotatable bonds is 5. The molecule has 1 heterocycles. The van der Waals surface area contributed by atoms with Gasteiger partial charge in [0.1, 0.15) is 0 Å². The molecule has 0 radical (unpaired) electrons. The van der Waals surface area contributed by atoms with Crippen LogP contribution in [-0.4, -0.2) is 15.7 Å². The molecule has 0 aliphatic heterocycles. The molecule has 0 atom stereocenters. The lowest BCUT2D eigenvalue weighted by atomic mass is 10.1. The van der Waals surface area contributed by atoms with E-state index in [0.29, 0.717) is 24.2 Å². The molecule has 1 aromatic heterocycles. The molecule has 21 heavy (non-hydrogen) atoms. The number of nitriles is 1. The minimum absolute atomic E-state index is 0.338. The number of nitrogens with zero attached hydrogens (tertiary/aromatic N) is 3. The number of carbonyl (C=O) groups is 1. The standard InChI is InChI=1S/C15H12BrN3O2/c16-13-5-2-11(3-6-13)15-12(4-7-14(20)21)10-19(18-15)9-1-8-17/h2-7,10H,1,9H2,(H,20,21)/p-1/b7-4+. The van der Waals surface area contributed by atoms with Crippen molar-refractivity contribution in [2.75, 3.05) is 0 Å². The molecule has 1 aromatic carbocycles. The fourth-order valence-electron chi connectivity index (χ4n) is 1.83. The van der Waals surface area contributed by atoms with Crippen molar-refractivity contribution in [3.63, 3.8) is 0 Å². The van der Waals surface area contributed by atoms with E-state index in [1.54, 1.807) is 10.9 Å². The van der Waals surface area contributed by atoms with Crippen LogP contribution < -0.4 is 5.11 Å². The van der Waals surface area contributed by atoms with Gasteiger partial charge in [-0.25, -0.2) is 0 Å². The minimum Gasteiger partial charge on any atom is -0.545 e. The Morgan fingerprint density at radius 2 is 2.14 bits per heavy atom. The van der Waals surface area contributed by atoms with Crippen molar-refractivity contribution in [2.24, 2.45) is 0 Å². The van der Waals surface area contributed by atoms with Crippen molar-refractivity contribution in [3.8, 4) is 17.3 Å². The van der Waals surface area contributed by atoms with Gasteiger partial charge in [-0.05, 0) is 24.3 Å². The summed E-state index contributed by atoms with van der Waals surface area (Å²) < 4.78 is 2.58. The van der Waals surface area contributed by atoms with Gasteiger partial charge in [-0.1, -0.05) is 28.1 Å². The van der Waals surface area contributed by atoms with Crippen molar-refractivity contribution in [1.29, 1.82) is 5.26 Å².